The van der Waals surface area contributed by atoms with E-state index in [4.69, 9.17) is 10.8 Å². The lowest BCUT2D eigenvalue weighted by molar-refractivity contribution is -0.139. The van der Waals surface area contributed by atoms with Crippen molar-refractivity contribution >= 4 is 18.4 Å². The lowest BCUT2D eigenvalue weighted by atomic mass is 10.1. The van der Waals surface area contributed by atoms with Gasteiger partial charge in [0.1, 0.15) is 11.8 Å². The molecule has 0 fully saturated rings. The molecule has 0 aliphatic carbocycles. The van der Waals surface area contributed by atoms with Gasteiger partial charge in [-0.05, 0) is 6.07 Å². The maximum absolute atomic E-state index is 10.9. The third-order valence-corrected chi connectivity index (χ3v) is 1.99. The molecule has 0 aliphatic heterocycles. The summed E-state index contributed by atoms with van der Waals surface area (Å²) in [7, 11) is 0. The van der Waals surface area contributed by atoms with Gasteiger partial charge in [0, 0.05) is 18.7 Å². The molecule has 1 rings (SSSR count). The Labute approximate surface area is 99.7 Å². The molecule has 1 atom stereocenters. The molecular weight excluding hydrogens is 232 g/mol. The molecule has 6 heteroatoms. The second-order valence-electron chi connectivity index (χ2n) is 3.07. The molecule has 90 valence electrons. The summed E-state index contributed by atoms with van der Waals surface area (Å²) in [5.74, 6) is -1.07. The molecular formula is C10H15ClN2O3. The van der Waals surface area contributed by atoms with Crippen molar-refractivity contribution in [2.75, 3.05) is 13.1 Å². The highest BCUT2D eigenvalue weighted by Crippen LogP contribution is 2.23. The van der Waals surface area contributed by atoms with E-state index in [1.807, 2.05) is 0 Å². The number of aromatic hydroxyl groups is 1. The monoisotopic (exact) mass is 246 g/mol. The van der Waals surface area contributed by atoms with E-state index >= 15 is 0 Å². The van der Waals surface area contributed by atoms with Crippen molar-refractivity contribution in [1.29, 1.82) is 0 Å². The number of nitrogens with one attached hydrogen (secondary N) is 1. The lowest BCUT2D eigenvalue weighted by Gasteiger charge is -2.15. The Morgan fingerprint density at radius 1 is 1.44 bits per heavy atom. The van der Waals surface area contributed by atoms with Crippen LogP contribution in [0.5, 0.6) is 5.75 Å². The quantitative estimate of drug-likeness (QED) is 0.606. The third-order valence-electron chi connectivity index (χ3n) is 1.99. The number of carbonyl (C=O) groups is 1. The van der Waals surface area contributed by atoms with Crippen LogP contribution in [0.4, 0.5) is 0 Å². The third kappa shape index (κ3) is 3.69. The van der Waals surface area contributed by atoms with Gasteiger partial charge in [-0.3, -0.25) is 10.1 Å². The molecule has 1 unspecified atom stereocenters. The predicted molar refractivity (Wildman–Crippen MR) is 62.8 cm³/mol. The lowest BCUT2D eigenvalue weighted by Crippen LogP contribution is -2.32. The van der Waals surface area contributed by atoms with E-state index in [1.165, 1.54) is 6.07 Å². The van der Waals surface area contributed by atoms with Crippen LogP contribution in [0.1, 0.15) is 11.6 Å². The smallest absolute Gasteiger partial charge is 0.325 e. The van der Waals surface area contributed by atoms with Crippen LogP contribution >= 0.6 is 12.4 Å². The number of benzene rings is 1. The molecule has 1 aromatic carbocycles. The summed E-state index contributed by atoms with van der Waals surface area (Å²) in [4.78, 5) is 10.9. The summed E-state index contributed by atoms with van der Waals surface area (Å²) in [6.45, 7) is 0.725. The summed E-state index contributed by atoms with van der Waals surface area (Å²) in [6, 6.07) is 5.41. The predicted octanol–water partition coefficient (Wildman–Crippen LogP) is 0.488. The second-order valence-corrected chi connectivity index (χ2v) is 3.07. The maximum Gasteiger partial charge on any atom is 0.325 e. The Balaban J connectivity index is 0.00000225. The van der Waals surface area contributed by atoms with Crippen molar-refractivity contribution in [3.63, 3.8) is 0 Å². The summed E-state index contributed by atoms with van der Waals surface area (Å²) in [5, 5.41) is 21.2. The molecule has 1 aromatic rings. The molecule has 0 saturated heterocycles. The van der Waals surface area contributed by atoms with Gasteiger partial charge in [0.2, 0.25) is 0 Å². The number of nitrogens with two attached hydrogens (primary N) is 1. The number of para-hydroxylation sites is 1. The molecule has 16 heavy (non-hydrogen) atoms. The van der Waals surface area contributed by atoms with Crippen LogP contribution in [0, 0.1) is 0 Å². The number of hydrogen-bond donors (Lipinski definition) is 4. The van der Waals surface area contributed by atoms with Crippen molar-refractivity contribution in [3.05, 3.63) is 29.8 Å². The zero-order chi connectivity index (χ0) is 11.3. The van der Waals surface area contributed by atoms with Gasteiger partial charge in [0.25, 0.3) is 0 Å². The molecule has 0 bridgehead atoms. The van der Waals surface area contributed by atoms with E-state index in [9.17, 15) is 9.90 Å². The number of hydrogen-bond acceptors (Lipinski definition) is 4. The van der Waals surface area contributed by atoms with Crippen LogP contribution in [0.25, 0.3) is 0 Å². The number of rotatable bonds is 5. The van der Waals surface area contributed by atoms with E-state index in [-0.39, 0.29) is 18.2 Å². The first-order valence-corrected chi connectivity index (χ1v) is 4.61. The van der Waals surface area contributed by atoms with Gasteiger partial charge in [-0.15, -0.1) is 12.4 Å². The van der Waals surface area contributed by atoms with Crippen molar-refractivity contribution in [2.24, 2.45) is 5.73 Å². The Kier molecular flexibility index (Phi) is 6.48. The Morgan fingerprint density at radius 2 is 2.06 bits per heavy atom. The van der Waals surface area contributed by atoms with Crippen molar-refractivity contribution in [2.45, 2.75) is 6.04 Å². The number of halogens is 1. The van der Waals surface area contributed by atoms with Crippen molar-refractivity contribution in [3.8, 4) is 5.75 Å². The topological polar surface area (TPSA) is 95.6 Å². The molecule has 0 heterocycles. The fourth-order valence-electron chi connectivity index (χ4n) is 1.29. The van der Waals surface area contributed by atoms with E-state index < -0.39 is 12.0 Å². The van der Waals surface area contributed by atoms with Crippen LogP contribution in [0.15, 0.2) is 24.3 Å². The highest BCUT2D eigenvalue weighted by Gasteiger charge is 2.21. The standard InChI is InChI=1S/C10H14N2O3.ClH/c11-5-6-12-9(10(14)15)7-3-1-2-4-8(7)13;/h1-4,9,12-13H,5-6,11H2,(H,14,15);1H. The number of aliphatic carboxylic acids is 1. The van der Waals surface area contributed by atoms with E-state index in [0.717, 1.165) is 0 Å². The summed E-state index contributed by atoms with van der Waals surface area (Å²) >= 11 is 0. The molecule has 0 radical (unpaired) electrons. The summed E-state index contributed by atoms with van der Waals surface area (Å²) < 4.78 is 0. The van der Waals surface area contributed by atoms with Crippen LogP contribution in [0.2, 0.25) is 0 Å². The summed E-state index contributed by atoms with van der Waals surface area (Å²) in [6.07, 6.45) is 0. The molecule has 0 amide bonds. The molecule has 0 spiro atoms. The average Bonchev–Trinajstić information content (AvgIpc) is 2.20. The zero-order valence-corrected chi connectivity index (χ0v) is 9.41. The Hall–Kier alpha value is -1.30. The van der Waals surface area contributed by atoms with Gasteiger partial charge < -0.3 is 15.9 Å². The highest BCUT2D eigenvalue weighted by atomic mass is 35.5. The number of phenolic OH excluding ortho intramolecular Hbond substituents is 1. The minimum absolute atomic E-state index is 0. The van der Waals surface area contributed by atoms with Gasteiger partial charge in [-0.25, -0.2) is 0 Å². The first-order valence-electron chi connectivity index (χ1n) is 4.61. The summed E-state index contributed by atoms with van der Waals surface area (Å²) in [5.41, 5.74) is 5.62. The number of carboxylic acids is 1. The number of phenols is 1. The number of carboxylic acid groups (broad SMARTS) is 1. The second kappa shape index (κ2) is 7.05. The van der Waals surface area contributed by atoms with E-state index in [0.29, 0.717) is 18.7 Å². The maximum atomic E-state index is 10.9. The van der Waals surface area contributed by atoms with Crippen LogP contribution in [-0.2, 0) is 4.79 Å². The van der Waals surface area contributed by atoms with Gasteiger partial charge in [-0.1, -0.05) is 18.2 Å². The highest BCUT2D eigenvalue weighted by molar-refractivity contribution is 5.85. The van der Waals surface area contributed by atoms with Gasteiger partial charge in [0.15, 0.2) is 0 Å². The fourth-order valence-corrected chi connectivity index (χ4v) is 1.29. The molecule has 0 aliphatic rings. The van der Waals surface area contributed by atoms with Gasteiger partial charge >= 0.3 is 5.97 Å². The molecule has 5 nitrogen and oxygen atoms in total. The van der Waals surface area contributed by atoms with Gasteiger partial charge in [0.05, 0.1) is 0 Å². The Morgan fingerprint density at radius 3 is 2.56 bits per heavy atom. The first-order chi connectivity index (χ1) is 7.16. The zero-order valence-electron chi connectivity index (χ0n) is 8.59. The van der Waals surface area contributed by atoms with Gasteiger partial charge in [-0.2, -0.15) is 0 Å². The minimum Gasteiger partial charge on any atom is -0.508 e. The van der Waals surface area contributed by atoms with Crippen LogP contribution < -0.4 is 11.1 Å². The van der Waals surface area contributed by atoms with Crippen molar-refractivity contribution < 1.29 is 15.0 Å². The molecule has 0 saturated carbocycles. The average molecular weight is 247 g/mol. The molecule has 5 N–H and O–H groups in total. The minimum atomic E-state index is -1.04. The largest absolute Gasteiger partial charge is 0.508 e. The van der Waals surface area contributed by atoms with Crippen molar-refractivity contribution in [1.82, 2.24) is 5.32 Å². The Bertz CT molecular complexity index is 347. The van der Waals surface area contributed by atoms with Crippen LogP contribution in [0.3, 0.4) is 0 Å². The molecule has 0 aromatic heterocycles. The van der Waals surface area contributed by atoms with Crippen LogP contribution in [-0.4, -0.2) is 29.3 Å². The SMILES string of the molecule is Cl.NCCNC(C(=O)O)c1ccccc1O. The van der Waals surface area contributed by atoms with E-state index in [1.54, 1.807) is 18.2 Å². The fraction of sp³-hybridized carbons (Fsp3) is 0.300. The van der Waals surface area contributed by atoms with E-state index in [2.05, 4.69) is 5.32 Å². The first kappa shape index (κ1) is 14.7. The normalized spacial score (nSPS) is 11.6.